The van der Waals surface area contributed by atoms with Gasteiger partial charge >= 0.3 is 0 Å². The molecular formula is C12H23N5O. The summed E-state index contributed by atoms with van der Waals surface area (Å²) in [6.07, 6.45) is 2.50. The highest BCUT2D eigenvalue weighted by Gasteiger charge is 2.07. The fraction of sp³-hybridized carbons (Fsp3) is 0.667. The van der Waals surface area contributed by atoms with Gasteiger partial charge in [-0.05, 0) is 26.1 Å². The molecule has 0 aliphatic carbocycles. The van der Waals surface area contributed by atoms with E-state index in [4.69, 9.17) is 10.5 Å². The zero-order valence-corrected chi connectivity index (χ0v) is 11.4. The summed E-state index contributed by atoms with van der Waals surface area (Å²) in [6, 6.07) is 0. The number of hydrogen-bond acceptors (Lipinski definition) is 6. The molecule has 18 heavy (non-hydrogen) atoms. The minimum Gasteiger partial charge on any atom is -0.479 e. The molecule has 6 heteroatoms. The Morgan fingerprint density at radius 1 is 1.33 bits per heavy atom. The highest BCUT2D eigenvalue weighted by molar-refractivity contribution is 5.66. The second-order valence-electron chi connectivity index (χ2n) is 3.95. The zero-order valence-electron chi connectivity index (χ0n) is 11.4. The van der Waals surface area contributed by atoms with E-state index in [0.717, 1.165) is 32.6 Å². The fourth-order valence-electron chi connectivity index (χ4n) is 1.73. The van der Waals surface area contributed by atoms with Crippen molar-refractivity contribution in [2.45, 2.75) is 20.3 Å². The summed E-state index contributed by atoms with van der Waals surface area (Å²) in [7, 11) is 1.54. The van der Waals surface area contributed by atoms with Crippen molar-refractivity contribution in [2.24, 2.45) is 0 Å². The van der Waals surface area contributed by atoms with Gasteiger partial charge < -0.3 is 20.7 Å². The summed E-state index contributed by atoms with van der Waals surface area (Å²) in [6.45, 7) is 8.41. The molecule has 0 bridgehead atoms. The van der Waals surface area contributed by atoms with E-state index in [1.165, 1.54) is 6.33 Å². The number of hydrogen-bond donors (Lipinski definition) is 2. The number of methoxy groups -OCH3 is 1. The molecule has 0 saturated heterocycles. The maximum absolute atomic E-state index is 5.87. The molecule has 1 aromatic rings. The average Bonchev–Trinajstić information content (AvgIpc) is 2.40. The number of anilines is 2. The third kappa shape index (κ3) is 4.03. The van der Waals surface area contributed by atoms with Crippen molar-refractivity contribution >= 4 is 11.5 Å². The van der Waals surface area contributed by atoms with E-state index in [-0.39, 0.29) is 0 Å². The third-order valence-electron chi connectivity index (χ3n) is 2.88. The van der Waals surface area contributed by atoms with Crippen LogP contribution in [0.3, 0.4) is 0 Å². The highest BCUT2D eigenvalue weighted by atomic mass is 16.5. The Kier molecular flexibility index (Phi) is 6.21. The number of nitrogen functional groups attached to an aromatic ring is 1. The lowest BCUT2D eigenvalue weighted by Gasteiger charge is -2.18. The van der Waals surface area contributed by atoms with E-state index in [0.29, 0.717) is 17.4 Å². The minimum atomic E-state index is 0.413. The quantitative estimate of drug-likeness (QED) is 0.678. The van der Waals surface area contributed by atoms with Crippen molar-refractivity contribution in [3.8, 4) is 5.88 Å². The van der Waals surface area contributed by atoms with Gasteiger partial charge in [0.25, 0.3) is 0 Å². The Bertz CT molecular complexity index is 354. The third-order valence-corrected chi connectivity index (χ3v) is 2.88. The molecule has 0 aromatic carbocycles. The zero-order chi connectivity index (χ0) is 13.4. The summed E-state index contributed by atoms with van der Waals surface area (Å²) in [5, 5.41) is 3.21. The van der Waals surface area contributed by atoms with Gasteiger partial charge in [0.2, 0.25) is 5.88 Å². The van der Waals surface area contributed by atoms with Gasteiger partial charge in [-0.2, -0.15) is 4.98 Å². The predicted octanol–water partition coefficient (Wildman–Crippen LogP) is 1.21. The average molecular weight is 253 g/mol. The SMILES string of the molecule is CCN(CC)CCCNc1ncnc(OC)c1N. The molecule has 102 valence electrons. The first-order valence-electron chi connectivity index (χ1n) is 6.33. The normalized spacial score (nSPS) is 10.7. The molecule has 0 atom stereocenters. The second kappa shape index (κ2) is 7.71. The van der Waals surface area contributed by atoms with Gasteiger partial charge in [0.15, 0.2) is 5.82 Å². The van der Waals surface area contributed by atoms with Gasteiger partial charge in [0.1, 0.15) is 12.0 Å². The van der Waals surface area contributed by atoms with Crippen molar-refractivity contribution in [1.82, 2.24) is 14.9 Å². The van der Waals surface area contributed by atoms with Crippen LogP contribution in [0.25, 0.3) is 0 Å². The Morgan fingerprint density at radius 3 is 2.67 bits per heavy atom. The molecule has 0 unspecified atom stereocenters. The molecule has 3 N–H and O–H groups in total. The molecule has 0 radical (unpaired) electrons. The molecule has 0 amide bonds. The Hall–Kier alpha value is -1.56. The van der Waals surface area contributed by atoms with Crippen LogP contribution in [0, 0.1) is 0 Å². The summed E-state index contributed by atoms with van der Waals surface area (Å²) in [5.41, 5.74) is 6.33. The Labute approximate surface area is 109 Å². The van der Waals surface area contributed by atoms with E-state index in [1.807, 2.05) is 0 Å². The van der Waals surface area contributed by atoms with E-state index in [1.54, 1.807) is 7.11 Å². The fourth-order valence-corrected chi connectivity index (χ4v) is 1.73. The number of aromatic nitrogens is 2. The first-order chi connectivity index (χ1) is 8.72. The molecule has 1 heterocycles. The van der Waals surface area contributed by atoms with Crippen LogP contribution in [-0.2, 0) is 0 Å². The number of rotatable bonds is 8. The molecule has 0 saturated carbocycles. The molecule has 6 nitrogen and oxygen atoms in total. The second-order valence-corrected chi connectivity index (χ2v) is 3.95. The van der Waals surface area contributed by atoms with Crippen LogP contribution in [-0.4, -0.2) is 48.2 Å². The van der Waals surface area contributed by atoms with Crippen molar-refractivity contribution in [1.29, 1.82) is 0 Å². The molecule has 1 aromatic heterocycles. The molecule has 0 aliphatic rings. The first-order valence-corrected chi connectivity index (χ1v) is 6.33. The van der Waals surface area contributed by atoms with Gasteiger partial charge in [-0.15, -0.1) is 0 Å². The molecule has 1 rings (SSSR count). The van der Waals surface area contributed by atoms with Gasteiger partial charge in [-0.3, -0.25) is 0 Å². The van der Waals surface area contributed by atoms with Crippen molar-refractivity contribution in [3.63, 3.8) is 0 Å². The van der Waals surface area contributed by atoms with Crippen LogP contribution in [0.5, 0.6) is 5.88 Å². The van der Waals surface area contributed by atoms with Gasteiger partial charge in [0.05, 0.1) is 7.11 Å². The van der Waals surface area contributed by atoms with E-state index >= 15 is 0 Å². The molecular weight excluding hydrogens is 230 g/mol. The lowest BCUT2D eigenvalue weighted by Crippen LogP contribution is -2.25. The standard InChI is InChI=1S/C12H23N5O/c1-4-17(5-2)8-6-7-14-11-10(13)12(18-3)16-9-15-11/h9H,4-8,13H2,1-3H3,(H,14,15,16). The summed E-state index contributed by atoms with van der Waals surface area (Å²) >= 11 is 0. The van der Waals surface area contributed by atoms with Crippen LogP contribution in [0.4, 0.5) is 11.5 Å². The summed E-state index contributed by atoms with van der Waals surface area (Å²) < 4.78 is 5.04. The van der Waals surface area contributed by atoms with Gasteiger partial charge in [-0.1, -0.05) is 13.8 Å². The lowest BCUT2D eigenvalue weighted by molar-refractivity contribution is 0.303. The van der Waals surface area contributed by atoms with Gasteiger partial charge in [-0.25, -0.2) is 4.98 Å². The van der Waals surface area contributed by atoms with Crippen LogP contribution in [0.1, 0.15) is 20.3 Å². The smallest absolute Gasteiger partial charge is 0.242 e. The van der Waals surface area contributed by atoms with Crippen LogP contribution < -0.4 is 15.8 Å². The number of nitrogens with zero attached hydrogens (tertiary/aromatic N) is 3. The summed E-state index contributed by atoms with van der Waals surface area (Å²) in [4.78, 5) is 10.4. The number of nitrogens with one attached hydrogen (secondary N) is 1. The number of nitrogens with two attached hydrogens (primary N) is 1. The van der Waals surface area contributed by atoms with Crippen LogP contribution in [0.2, 0.25) is 0 Å². The highest BCUT2D eigenvalue weighted by Crippen LogP contribution is 2.23. The van der Waals surface area contributed by atoms with Crippen molar-refractivity contribution in [2.75, 3.05) is 44.3 Å². The molecule has 0 spiro atoms. The maximum atomic E-state index is 5.87. The largest absolute Gasteiger partial charge is 0.479 e. The topological polar surface area (TPSA) is 76.3 Å². The Balaban J connectivity index is 2.40. The number of ether oxygens (including phenoxy) is 1. The van der Waals surface area contributed by atoms with Crippen molar-refractivity contribution in [3.05, 3.63) is 6.33 Å². The van der Waals surface area contributed by atoms with E-state index in [2.05, 4.69) is 34.0 Å². The minimum absolute atomic E-state index is 0.413. The monoisotopic (exact) mass is 253 g/mol. The lowest BCUT2D eigenvalue weighted by atomic mass is 10.3. The van der Waals surface area contributed by atoms with E-state index in [9.17, 15) is 0 Å². The van der Waals surface area contributed by atoms with Crippen LogP contribution >= 0.6 is 0 Å². The molecule has 0 aliphatic heterocycles. The first kappa shape index (κ1) is 14.5. The van der Waals surface area contributed by atoms with Crippen LogP contribution in [0.15, 0.2) is 6.33 Å². The van der Waals surface area contributed by atoms with E-state index < -0.39 is 0 Å². The predicted molar refractivity (Wildman–Crippen MR) is 73.9 cm³/mol. The van der Waals surface area contributed by atoms with Gasteiger partial charge in [0, 0.05) is 6.54 Å². The summed E-state index contributed by atoms with van der Waals surface area (Å²) in [5.74, 6) is 1.05. The maximum Gasteiger partial charge on any atom is 0.242 e. The Morgan fingerprint density at radius 2 is 2.06 bits per heavy atom. The van der Waals surface area contributed by atoms with Crippen molar-refractivity contribution < 1.29 is 4.74 Å². The molecule has 0 fully saturated rings.